The van der Waals surface area contributed by atoms with E-state index in [4.69, 9.17) is 5.73 Å². The third kappa shape index (κ3) is 2.34. The van der Waals surface area contributed by atoms with Crippen LogP contribution in [0.2, 0.25) is 0 Å². The summed E-state index contributed by atoms with van der Waals surface area (Å²) in [4.78, 5) is 12.5. The lowest BCUT2D eigenvalue weighted by Crippen LogP contribution is -2.56. The highest BCUT2D eigenvalue weighted by molar-refractivity contribution is 5.86. The Morgan fingerprint density at radius 3 is 2.70 bits per heavy atom. The zero-order valence-corrected chi connectivity index (χ0v) is 11.6. The molecule has 1 aromatic carbocycles. The van der Waals surface area contributed by atoms with Crippen LogP contribution in [0, 0.1) is 0 Å². The van der Waals surface area contributed by atoms with Crippen molar-refractivity contribution in [2.24, 2.45) is 5.73 Å². The molecule has 108 valence electrons. The van der Waals surface area contributed by atoms with Crippen molar-refractivity contribution in [3.05, 3.63) is 35.4 Å². The molecular weight excluding hydrogens is 252 g/mol. The van der Waals surface area contributed by atoms with Crippen molar-refractivity contribution >= 4 is 5.91 Å². The van der Waals surface area contributed by atoms with Gasteiger partial charge in [0.2, 0.25) is 5.91 Å². The second-order valence-electron chi connectivity index (χ2n) is 6.14. The summed E-state index contributed by atoms with van der Waals surface area (Å²) in [6.07, 6.45) is 4.69. The number of nitrogens with one attached hydrogen (secondary N) is 1. The molecule has 0 spiro atoms. The maximum atomic E-state index is 12.5. The normalized spacial score (nSPS) is 27.9. The van der Waals surface area contributed by atoms with Crippen molar-refractivity contribution < 1.29 is 9.90 Å². The topological polar surface area (TPSA) is 75.4 Å². The SMILES string of the molecule is NC1(C(=O)N[C@@H]2c3ccccc3C[C@@H]2O)CCCCC1. The Labute approximate surface area is 119 Å². The lowest BCUT2D eigenvalue weighted by atomic mass is 9.81. The smallest absolute Gasteiger partial charge is 0.240 e. The molecule has 4 N–H and O–H groups in total. The fraction of sp³-hybridized carbons (Fsp3) is 0.562. The second kappa shape index (κ2) is 5.19. The zero-order valence-electron chi connectivity index (χ0n) is 11.6. The molecule has 0 aliphatic heterocycles. The van der Waals surface area contributed by atoms with Gasteiger partial charge in [0, 0.05) is 6.42 Å². The van der Waals surface area contributed by atoms with E-state index in [1.165, 1.54) is 0 Å². The number of carbonyl (C=O) groups excluding carboxylic acids is 1. The highest BCUT2D eigenvalue weighted by Crippen LogP contribution is 2.33. The van der Waals surface area contributed by atoms with Gasteiger partial charge >= 0.3 is 0 Å². The molecule has 1 amide bonds. The van der Waals surface area contributed by atoms with E-state index < -0.39 is 11.6 Å². The van der Waals surface area contributed by atoms with Gasteiger partial charge in [0.1, 0.15) is 0 Å². The Hall–Kier alpha value is -1.39. The van der Waals surface area contributed by atoms with E-state index in [0.717, 1.165) is 43.2 Å². The fourth-order valence-corrected chi connectivity index (χ4v) is 3.44. The number of rotatable bonds is 2. The second-order valence-corrected chi connectivity index (χ2v) is 6.14. The number of fused-ring (bicyclic) bond motifs is 1. The van der Waals surface area contributed by atoms with Crippen LogP contribution in [0.3, 0.4) is 0 Å². The summed E-state index contributed by atoms with van der Waals surface area (Å²) in [6.45, 7) is 0. The van der Waals surface area contributed by atoms with Crippen LogP contribution in [0.15, 0.2) is 24.3 Å². The molecule has 0 unspecified atom stereocenters. The van der Waals surface area contributed by atoms with E-state index in [-0.39, 0.29) is 11.9 Å². The van der Waals surface area contributed by atoms with Gasteiger partial charge in [-0.15, -0.1) is 0 Å². The number of hydrogen-bond donors (Lipinski definition) is 3. The van der Waals surface area contributed by atoms with Gasteiger partial charge in [0.25, 0.3) is 0 Å². The molecule has 2 aliphatic carbocycles. The summed E-state index contributed by atoms with van der Waals surface area (Å²) in [6, 6.07) is 7.56. The van der Waals surface area contributed by atoms with Crippen LogP contribution in [0.4, 0.5) is 0 Å². The maximum absolute atomic E-state index is 12.5. The lowest BCUT2D eigenvalue weighted by molar-refractivity contribution is -0.129. The largest absolute Gasteiger partial charge is 0.390 e. The highest BCUT2D eigenvalue weighted by atomic mass is 16.3. The maximum Gasteiger partial charge on any atom is 0.240 e. The average molecular weight is 274 g/mol. The summed E-state index contributed by atoms with van der Waals surface area (Å²) < 4.78 is 0. The van der Waals surface area contributed by atoms with E-state index in [0.29, 0.717) is 6.42 Å². The minimum Gasteiger partial charge on any atom is -0.390 e. The number of benzene rings is 1. The first kappa shape index (κ1) is 13.6. The number of amides is 1. The Kier molecular flexibility index (Phi) is 3.52. The molecule has 0 heterocycles. The monoisotopic (exact) mass is 274 g/mol. The lowest BCUT2D eigenvalue weighted by Gasteiger charge is -2.33. The molecule has 3 rings (SSSR count). The summed E-state index contributed by atoms with van der Waals surface area (Å²) in [7, 11) is 0. The first-order valence-electron chi connectivity index (χ1n) is 7.46. The van der Waals surface area contributed by atoms with Gasteiger partial charge in [0.15, 0.2) is 0 Å². The molecule has 20 heavy (non-hydrogen) atoms. The number of aliphatic hydroxyl groups is 1. The number of hydrogen-bond acceptors (Lipinski definition) is 3. The van der Waals surface area contributed by atoms with Crippen LogP contribution in [0.25, 0.3) is 0 Å². The Morgan fingerprint density at radius 1 is 1.25 bits per heavy atom. The minimum absolute atomic E-state index is 0.113. The predicted molar refractivity (Wildman–Crippen MR) is 77.0 cm³/mol. The van der Waals surface area contributed by atoms with Gasteiger partial charge in [-0.05, 0) is 24.0 Å². The van der Waals surface area contributed by atoms with Gasteiger partial charge in [-0.2, -0.15) is 0 Å². The van der Waals surface area contributed by atoms with Crippen molar-refractivity contribution in [1.29, 1.82) is 0 Å². The van der Waals surface area contributed by atoms with E-state index in [2.05, 4.69) is 5.32 Å². The molecule has 0 aromatic heterocycles. The van der Waals surface area contributed by atoms with Crippen molar-refractivity contribution in [2.45, 2.75) is 56.2 Å². The minimum atomic E-state index is -0.754. The van der Waals surface area contributed by atoms with Crippen molar-refractivity contribution in [3.63, 3.8) is 0 Å². The van der Waals surface area contributed by atoms with Gasteiger partial charge in [-0.25, -0.2) is 0 Å². The first-order valence-corrected chi connectivity index (χ1v) is 7.46. The molecule has 1 saturated carbocycles. The first-order chi connectivity index (χ1) is 9.60. The summed E-state index contributed by atoms with van der Waals surface area (Å²) in [5, 5.41) is 13.2. The average Bonchev–Trinajstić information content (AvgIpc) is 2.76. The summed E-state index contributed by atoms with van der Waals surface area (Å²) in [5.74, 6) is -0.113. The number of carbonyl (C=O) groups is 1. The van der Waals surface area contributed by atoms with Gasteiger partial charge in [-0.1, -0.05) is 43.5 Å². The van der Waals surface area contributed by atoms with Crippen LogP contribution in [-0.4, -0.2) is 22.7 Å². The van der Waals surface area contributed by atoms with Crippen LogP contribution in [0.1, 0.15) is 49.3 Å². The van der Waals surface area contributed by atoms with Crippen molar-refractivity contribution in [3.8, 4) is 0 Å². The molecule has 4 heteroatoms. The molecule has 2 atom stereocenters. The molecular formula is C16H22N2O2. The molecule has 4 nitrogen and oxygen atoms in total. The fourth-order valence-electron chi connectivity index (χ4n) is 3.44. The number of nitrogens with two attached hydrogens (primary N) is 1. The van der Waals surface area contributed by atoms with Gasteiger partial charge < -0.3 is 16.2 Å². The van der Waals surface area contributed by atoms with E-state index >= 15 is 0 Å². The number of aliphatic hydroxyl groups excluding tert-OH is 1. The standard InChI is InChI=1S/C16H22N2O2/c17-16(8-4-1-5-9-16)15(20)18-14-12-7-3-2-6-11(12)10-13(14)19/h2-3,6-7,13-14,19H,1,4-5,8-10,17H2,(H,18,20)/t13-,14+/m0/s1. The Balaban J connectivity index is 1.76. The molecule has 0 saturated heterocycles. The Morgan fingerprint density at radius 2 is 1.95 bits per heavy atom. The molecule has 0 radical (unpaired) electrons. The predicted octanol–water partition coefficient (Wildman–Crippen LogP) is 1.42. The van der Waals surface area contributed by atoms with Crippen LogP contribution in [0.5, 0.6) is 0 Å². The van der Waals surface area contributed by atoms with E-state index in [9.17, 15) is 9.90 Å². The van der Waals surface area contributed by atoms with Gasteiger partial charge in [-0.3, -0.25) is 4.79 Å². The Bertz CT molecular complexity index is 509. The van der Waals surface area contributed by atoms with Gasteiger partial charge in [0.05, 0.1) is 17.7 Å². The van der Waals surface area contributed by atoms with Crippen molar-refractivity contribution in [1.82, 2.24) is 5.32 Å². The third-order valence-electron chi connectivity index (χ3n) is 4.69. The molecule has 2 aliphatic rings. The quantitative estimate of drug-likeness (QED) is 0.763. The zero-order chi connectivity index (χ0) is 14.2. The molecule has 1 aromatic rings. The third-order valence-corrected chi connectivity index (χ3v) is 4.69. The van der Waals surface area contributed by atoms with E-state index in [1.807, 2.05) is 24.3 Å². The van der Waals surface area contributed by atoms with Crippen LogP contribution in [-0.2, 0) is 11.2 Å². The summed E-state index contributed by atoms with van der Waals surface area (Å²) in [5.41, 5.74) is 7.63. The molecule has 0 bridgehead atoms. The summed E-state index contributed by atoms with van der Waals surface area (Å²) >= 11 is 0. The van der Waals surface area contributed by atoms with Crippen molar-refractivity contribution in [2.75, 3.05) is 0 Å². The van der Waals surface area contributed by atoms with Crippen LogP contribution < -0.4 is 11.1 Å². The highest BCUT2D eigenvalue weighted by Gasteiger charge is 2.39. The van der Waals surface area contributed by atoms with E-state index in [1.54, 1.807) is 0 Å². The molecule has 1 fully saturated rings. The van der Waals surface area contributed by atoms with Crippen LogP contribution >= 0.6 is 0 Å².